The maximum absolute atomic E-state index is 10.6. The molecule has 1 aromatic carbocycles. The normalized spacial score (nSPS) is 10.4. The first-order valence-corrected chi connectivity index (χ1v) is 5.33. The maximum Gasteiger partial charge on any atom is 0.382 e. The summed E-state index contributed by atoms with van der Waals surface area (Å²) in [6.45, 7) is 1.73. The van der Waals surface area contributed by atoms with Crippen LogP contribution in [0.5, 0.6) is 0 Å². The highest BCUT2D eigenvalue weighted by Gasteiger charge is 2.15. The average Bonchev–Trinajstić information content (AvgIpc) is 2.62. The number of nitro groups is 1. The second-order valence-electron chi connectivity index (χ2n) is 3.25. The van der Waals surface area contributed by atoms with Crippen molar-refractivity contribution >= 4 is 21.7 Å². The molecule has 0 spiro atoms. The van der Waals surface area contributed by atoms with Gasteiger partial charge in [-0.3, -0.25) is 4.57 Å². The van der Waals surface area contributed by atoms with E-state index in [1.807, 2.05) is 24.3 Å². The van der Waals surface area contributed by atoms with Gasteiger partial charge < -0.3 is 10.1 Å². The fourth-order valence-electron chi connectivity index (χ4n) is 1.41. The smallest absolute Gasteiger partial charge is 0.358 e. The Hall–Kier alpha value is -1.69. The van der Waals surface area contributed by atoms with Crippen molar-refractivity contribution in [3.8, 4) is 5.69 Å². The van der Waals surface area contributed by atoms with E-state index in [0.29, 0.717) is 5.82 Å². The Balaban J connectivity index is 2.47. The van der Waals surface area contributed by atoms with E-state index in [-0.39, 0.29) is 5.82 Å². The predicted molar refractivity (Wildman–Crippen MR) is 62.7 cm³/mol. The lowest BCUT2D eigenvalue weighted by atomic mass is 10.3. The largest absolute Gasteiger partial charge is 0.382 e. The highest BCUT2D eigenvalue weighted by molar-refractivity contribution is 9.10. The lowest BCUT2D eigenvalue weighted by molar-refractivity contribution is -0.389. The number of imidazole rings is 1. The monoisotopic (exact) mass is 281 g/mol. The Morgan fingerprint density at radius 2 is 2.00 bits per heavy atom. The third kappa shape index (κ3) is 1.96. The summed E-state index contributed by atoms with van der Waals surface area (Å²) in [6.07, 6.45) is 1.42. The molecule has 0 aliphatic heterocycles. The van der Waals surface area contributed by atoms with Crippen molar-refractivity contribution in [2.75, 3.05) is 0 Å². The second-order valence-corrected chi connectivity index (χ2v) is 4.17. The first-order valence-electron chi connectivity index (χ1n) is 4.54. The van der Waals surface area contributed by atoms with Crippen molar-refractivity contribution in [1.82, 2.24) is 9.55 Å². The third-order valence-electron chi connectivity index (χ3n) is 2.16. The van der Waals surface area contributed by atoms with Gasteiger partial charge in [-0.25, -0.2) is 0 Å². The summed E-state index contributed by atoms with van der Waals surface area (Å²) in [6, 6.07) is 7.48. The number of aryl methyl sites for hydroxylation is 1. The molecule has 16 heavy (non-hydrogen) atoms. The van der Waals surface area contributed by atoms with E-state index < -0.39 is 4.92 Å². The van der Waals surface area contributed by atoms with Gasteiger partial charge in [0.05, 0.1) is 0 Å². The average molecular weight is 282 g/mol. The molecule has 0 bridgehead atoms. The minimum absolute atomic E-state index is 0.139. The molecule has 0 fully saturated rings. The van der Waals surface area contributed by atoms with Crippen molar-refractivity contribution in [2.24, 2.45) is 0 Å². The first-order chi connectivity index (χ1) is 7.58. The lowest BCUT2D eigenvalue weighted by Crippen LogP contribution is -1.94. The van der Waals surface area contributed by atoms with Gasteiger partial charge >= 0.3 is 5.82 Å². The molecule has 0 aliphatic rings. The number of hydrogen-bond donors (Lipinski definition) is 0. The summed E-state index contributed by atoms with van der Waals surface area (Å²) < 4.78 is 2.65. The fourth-order valence-corrected chi connectivity index (χ4v) is 1.67. The molecule has 1 heterocycles. The molecule has 2 rings (SSSR count). The number of rotatable bonds is 2. The van der Waals surface area contributed by atoms with Gasteiger partial charge in [-0.2, -0.15) is 0 Å². The molecule has 0 N–H and O–H groups in total. The van der Waals surface area contributed by atoms with Crippen LogP contribution in [0.1, 0.15) is 5.82 Å². The Morgan fingerprint density at radius 3 is 2.50 bits per heavy atom. The molecule has 6 heteroatoms. The molecule has 2 aromatic rings. The quantitative estimate of drug-likeness (QED) is 0.628. The van der Waals surface area contributed by atoms with Crippen molar-refractivity contribution in [3.05, 3.63) is 50.9 Å². The zero-order valence-electron chi connectivity index (χ0n) is 8.42. The lowest BCUT2D eigenvalue weighted by Gasteiger charge is -2.01. The van der Waals surface area contributed by atoms with E-state index in [1.54, 1.807) is 11.5 Å². The molecule has 5 nitrogen and oxygen atoms in total. The van der Waals surface area contributed by atoms with Crippen LogP contribution in [0.3, 0.4) is 0 Å². The van der Waals surface area contributed by atoms with Gasteiger partial charge in [-0.1, -0.05) is 15.9 Å². The molecule has 0 saturated heterocycles. The van der Waals surface area contributed by atoms with Gasteiger partial charge in [-0.15, -0.1) is 0 Å². The first kappa shape index (κ1) is 10.8. The van der Waals surface area contributed by atoms with Crippen molar-refractivity contribution < 1.29 is 4.92 Å². The van der Waals surface area contributed by atoms with E-state index in [1.165, 1.54) is 6.20 Å². The molecule has 0 radical (unpaired) electrons. The summed E-state index contributed by atoms with van der Waals surface area (Å²) in [5.74, 6) is 0.453. The highest BCUT2D eigenvalue weighted by Crippen LogP contribution is 2.18. The number of halogens is 1. The summed E-state index contributed by atoms with van der Waals surface area (Å²) in [5, 5.41) is 10.6. The van der Waals surface area contributed by atoms with Crippen LogP contribution in [0.2, 0.25) is 0 Å². The van der Waals surface area contributed by atoms with Gasteiger partial charge in [0.25, 0.3) is 0 Å². The van der Waals surface area contributed by atoms with Crippen LogP contribution in [0, 0.1) is 17.0 Å². The summed E-state index contributed by atoms with van der Waals surface area (Å²) in [7, 11) is 0. The Bertz CT molecular complexity index is 533. The van der Waals surface area contributed by atoms with Gasteiger partial charge in [0.15, 0.2) is 0 Å². The molecular formula is C10H8BrN3O2. The van der Waals surface area contributed by atoms with Gasteiger partial charge in [0.1, 0.15) is 6.20 Å². The topological polar surface area (TPSA) is 61.0 Å². The Labute approximate surface area is 100 Å². The molecule has 0 saturated carbocycles. The summed E-state index contributed by atoms with van der Waals surface area (Å²) in [4.78, 5) is 13.9. The SMILES string of the molecule is Cc1nc([N+](=O)[O-])cn1-c1ccc(Br)cc1. The van der Waals surface area contributed by atoms with Crippen LogP contribution in [-0.2, 0) is 0 Å². The Kier molecular flexibility index (Phi) is 2.74. The maximum atomic E-state index is 10.6. The predicted octanol–water partition coefficient (Wildman–Crippen LogP) is 2.85. The van der Waals surface area contributed by atoms with E-state index in [4.69, 9.17) is 0 Å². The van der Waals surface area contributed by atoms with E-state index in [0.717, 1.165) is 10.2 Å². The highest BCUT2D eigenvalue weighted by atomic mass is 79.9. The standard InChI is InChI=1S/C10H8BrN3O2/c1-7-12-10(14(15)16)6-13(7)9-4-2-8(11)3-5-9/h2-6H,1H3. The fraction of sp³-hybridized carbons (Fsp3) is 0.100. The van der Waals surface area contributed by atoms with Crippen LogP contribution in [-0.4, -0.2) is 14.5 Å². The van der Waals surface area contributed by atoms with Gasteiger partial charge in [-0.05, 0) is 34.2 Å². The van der Waals surface area contributed by atoms with Crippen LogP contribution >= 0.6 is 15.9 Å². The molecular weight excluding hydrogens is 274 g/mol. The number of hydrogen-bond acceptors (Lipinski definition) is 3. The summed E-state index contributed by atoms with van der Waals surface area (Å²) in [5.41, 5.74) is 0.848. The second kappa shape index (κ2) is 4.05. The van der Waals surface area contributed by atoms with E-state index in [9.17, 15) is 10.1 Å². The van der Waals surface area contributed by atoms with Crippen molar-refractivity contribution in [1.29, 1.82) is 0 Å². The molecule has 1 aromatic heterocycles. The summed E-state index contributed by atoms with van der Waals surface area (Å²) >= 11 is 3.33. The van der Waals surface area contributed by atoms with Crippen molar-refractivity contribution in [3.63, 3.8) is 0 Å². The van der Waals surface area contributed by atoms with Gasteiger partial charge in [0.2, 0.25) is 5.82 Å². The zero-order valence-corrected chi connectivity index (χ0v) is 10.0. The number of nitrogens with zero attached hydrogens (tertiary/aromatic N) is 3. The minimum atomic E-state index is -0.498. The van der Waals surface area contributed by atoms with Crippen LogP contribution in [0.4, 0.5) is 5.82 Å². The Morgan fingerprint density at radius 1 is 1.38 bits per heavy atom. The molecule has 82 valence electrons. The zero-order chi connectivity index (χ0) is 11.7. The molecule has 0 aliphatic carbocycles. The number of benzene rings is 1. The van der Waals surface area contributed by atoms with Crippen LogP contribution in [0.15, 0.2) is 34.9 Å². The number of aromatic nitrogens is 2. The van der Waals surface area contributed by atoms with E-state index >= 15 is 0 Å². The van der Waals surface area contributed by atoms with E-state index in [2.05, 4.69) is 20.9 Å². The molecule has 0 atom stereocenters. The van der Waals surface area contributed by atoms with Gasteiger partial charge in [0, 0.05) is 17.1 Å². The molecule has 0 amide bonds. The van der Waals surface area contributed by atoms with Crippen molar-refractivity contribution in [2.45, 2.75) is 6.92 Å². The minimum Gasteiger partial charge on any atom is -0.358 e. The van der Waals surface area contributed by atoms with Crippen LogP contribution < -0.4 is 0 Å². The van der Waals surface area contributed by atoms with Crippen LogP contribution in [0.25, 0.3) is 5.69 Å². The third-order valence-corrected chi connectivity index (χ3v) is 2.69. The molecule has 0 unspecified atom stereocenters.